The van der Waals surface area contributed by atoms with E-state index in [0.29, 0.717) is 34.6 Å². The summed E-state index contributed by atoms with van der Waals surface area (Å²) in [7, 11) is 0. The lowest BCUT2D eigenvalue weighted by Crippen LogP contribution is -2.34. The molecule has 2 amide bonds. The van der Waals surface area contributed by atoms with Gasteiger partial charge in [0.25, 0.3) is 11.5 Å². The molecular formula is C28H36N8O3. The number of carbonyl (C=O) groups excluding carboxylic acids is 2. The number of benzene rings is 2. The van der Waals surface area contributed by atoms with E-state index in [9.17, 15) is 14.4 Å². The molecule has 0 aliphatic rings. The molecule has 0 radical (unpaired) electrons. The SMILES string of the molecule is CCCNc1ncc(-c2cc(N)cc(C(=O)N[C@@H](C)CC)c2)n(CC(=O)NCc2ccc(C(=N)N)cc2)c1=O. The van der Waals surface area contributed by atoms with Crippen LogP contribution in [-0.2, 0) is 17.9 Å². The Morgan fingerprint density at radius 2 is 1.82 bits per heavy atom. The fourth-order valence-electron chi connectivity index (χ4n) is 3.78. The number of amides is 2. The van der Waals surface area contributed by atoms with Crippen LogP contribution in [0.2, 0.25) is 0 Å². The molecule has 39 heavy (non-hydrogen) atoms. The van der Waals surface area contributed by atoms with E-state index >= 15 is 0 Å². The second-order valence-electron chi connectivity index (χ2n) is 9.32. The highest BCUT2D eigenvalue weighted by atomic mass is 16.2. The average molecular weight is 533 g/mol. The van der Waals surface area contributed by atoms with Crippen LogP contribution in [0, 0.1) is 5.41 Å². The summed E-state index contributed by atoms with van der Waals surface area (Å²) in [5.74, 6) is -0.577. The van der Waals surface area contributed by atoms with Gasteiger partial charge in [-0.15, -0.1) is 0 Å². The van der Waals surface area contributed by atoms with Gasteiger partial charge in [-0.1, -0.05) is 38.1 Å². The summed E-state index contributed by atoms with van der Waals surface area (Å²) in [5.41, 5.74) is 14.1. The topological polar surface area (TPSA) is 181 Å². The zero-order valence-corrected chi connectivity index (χ0v) is 22.5. The zero-order valence-electron chi connectivity index (χ0n) is 22.5. The number of hydrogen-bond donors (Lipinski definition) is 6. The number of hydrogen-bond acceptors (Lipinski definition) is 7. The first-order valence-corrected chi connectivity index (χ1v) is 12.9. The average Bonchev–Trinajstić information content (AvgIpc) is 2.92. The van der Waals surface area contributed by atoms with E-state index in [2.05, 4.69) is 20.9 Å². The molecule has 1 atom stereocenters. The minimum Gasteiger partial charge on any atom is -0.399 e. The zero-order chi connectivity index (χ0) is 28.5. The largest absolute Gasteiger partial charge is 0.399 e. The van der Waals surface area contributed by atoms with Gasteiger partial charge in [0.2, 0.25) is 5.91 Å². The summed E-state index contributed by atoms with van der Waals surface area (Å²) >= 11 is 0. The quantitative estimate of drug-likeness (QED) is 0.118. The van der Waals surface area contributed by atoms with Crippen molar-refractivity contribution >= 4 is 29.2 Å². The fraction of sp³-hybridized carbons (Fsp3) is 0.321. The molecule has 3 rings (SSSR count). The van der Waals surface area contributed by atoms with Crippen LogP contribution in [0.4, 0.5) is 11.5 Å². The lowest BCUT2D eigenvalue weighted by atomic mass is 10.1. The molecule has 8 N–H and O–H groups in total. The second-order valence-corrected chi connectivity index (χ2v) is 9.32. The lowest BCUT2D eigenvalue weighted by molar-refractivity contribution is -0.121. The maximum Gasteiger partial charge on any atom is 0.294 e. The van der Waals surface area contributed by atoms with Crippen molar-refractivity contribution in [1.82, 2.24) is 20.2 Å². The number of nitrogen functional groups attached to an aromatic ring is 2. The molecule has 1 aromatic heterocycles. The van der Waals surface area contributed by atoms with Gasteiger partial charge in [0.05, 0.1) is 11.9 Å². The van der Waals surface area contributed by atoms with E-state index in [-0.39, 0.29) is 42.6 Å². The molecule has 3 aromatic rings. The van der Waals surface area contributed by atoms with Crippen molar-refractivity contribution in [2.24, 2.45) is 5.73 Å². The summed E-state index contributed by atoms with van der Waals surface area (Å²) in [6.07, 6.45) is 3.06. The number of nitrogens with zero attached hydrogens (tertiary/aromatic N) is 2. The van der Waals surface area contributed by atoms with Crippen LogP contribution in [0.3, 0.4) is 0 Å². The Bertz CT molecular complexity index is 1400. The summed E-state index contributed by atoms with van der Waals surface area (Å²) in [4.78, 5) is 43.4. The van der Waals surface area contributed by atoms with Gasteiger partial charge in [0.1, 0.15) is 12.4 Å². The van der Waals surface area contributed by atoms with E-state index in [1.165, 1.54) is 10.8 Å². The van der Waals surface area contributed by atoms with Crippen molar-refractivity contribution in [1.29, 1.82) is 5.41 Å². The molecule has 11 heteroatoms. The van der Waals surface area contributed by atoms with E-state index in [1.54, 1.807) is 42.5 Å². The number of rotatable bonds is 12. The van der Waals surface area contributed by atoms with Crippen LogP contribution >= 0.6 is 0 Å². The highest BCUT2D eigenvalue weighted by Gasteiger charge is 2.18. The predicted octanol–water partition coefficient (Wildman–Crippen LogP) is 2.44. The molecule has 0 saturated carbocycles. The first-order valence-electron chi connectivity index (χ1n) is 12.9. The number of anilines is 2. The Balaban J connectivity index is 1.92. The molecule has 0 unspecified atom stereocenters. The van der Waals surface area contributed by atoms with Gasteiger partial charge in [-0.2, -0.15) is 0 Å². The van der Waals surface area contributed by atoms with Crippen LogP contribution in [0.15, 0.2) is 53.5 Å². The molecular weight excluding hydrogens is 496 g/mol. The van der Waals surface area contributed by atoms with Crippen molar-refractivity contribution in [3.63, 3.8) is 0 Å². The fourth-order valence-corrected chi connectivity index (χ4v) is 3.78. The minimum absolute atomic E-state index is 0.0199. The Kier molecular flexibility index (Phi) is 9.80. The molecule has 0 saturated heterocycles. The maximum absolute atomic E-state index is 13.4. The van der Waals surface area contributed by atoms with Gasteiger partial charge < -0.3 is 27.4 Å². The predicted molar refractivity (Wildman–Crippen MR) is 154 cm³/mol. The van der Waals surface area contributed by atoms with Crippen molar-refractivity contribution in [2.45, 2.75) is 52.7 Å². The van der Waals surface area contributed by atoms with E-state index in [1.807, 2.05) is 20.8 Å². The number of nitrogens with two attached hydrogens (primary N) is 2. The summed E-state index contributed by atoms with van der Waals surface area (Å²) in [6, 6.07) is 11.8. The van der Waals surface area contributed by atoms with Gasteiger partial charge in [-0.25, -0.2) is 4.98 Å². The Hall–Kier alpha value is -4.67. The summed E-state index contributed by atoms with van der Waals surface area (Å²) in [6.45, 7) is 6.35. The van der Waals surface area contributed by atoms with Gasteiger partial charge in [-0.05, 0) is 43.5 Å². The number of carbonyl (C=O) groups is 2. The lowest BCUT2D eigenvalue weighted by Gasteiger charge is -2.17. The van der Waals surface area contributed by atoms with Gasteiger partial charge in [-0.3, -0.25) is 24.4 Å². The van der Waals surface area contributed by atoms with Crippen molar-refractivity contribution in [2.75, 3.05) is 17.6 Å². The first kappa shape index (κ1) is 28.9. The second kappa shape index (κ2) is 13.2. The summed E-state index contributed by atoms with van der Waals surface area (Å²) < 4.78 is 1.32. The molecule has 1 heterocycles. The third kappa shape index (κ3) is 7.67. The van der Waals surface area contributed by atoms with Crippen LogP contribution in [-0.4, -0.2) is 39.8 Å². The monoisotopic (exact) mass is 532 g/mol. The minimum atomic E-state index is -0.463. The Labute approximate surface area is 227 Å². The summed E-state index contributed by atoms with van der Waals surface area (Å²) in [5, 5.41) is 16.2. The smallest absolute Gasteiger partial charge is 0.294 e. The molecule has 0 spiro atoms. The highest BCUT2D eigenvalue weighted by molar-refractivity contribution is 5.97. The number of aromatic nitrogens is 2. The van der Waals surface area contributed by atoms with Crippen LogP contribution in [0.1, 0.15) is 55.1 Å². The van der Waals surface area contributed by atoms with E-state index < -0.39 is 5.56 Å². The van der Waals surface area contributed by atoms with Crippen LogP contribution in [0.5, 0.6) is 0 Å². The van der Waals surface area contributed by atoms with Crippen LogP contribution < -0.4 is 33.0 Å². The molecule has 11 nitrogen and oxygen atoms in total. The van der Waals surface area contributed by atoms with Gasteiger partial charge in [0, 0.05) is 41.5 Å². The molecule has 0 aliphatic carbocycles. The number of nitrogens with one attached hydrogen (secondary N) is 4. The van der Waals surface area contributed by atoms with Crippen LogP contribution in [0.25, 0.3) is 11.3 Å². The molecule has 0 aliphatic heterocycles. The third-order valence-electron chi connectivity index (χ3n) is 6.16. The van der Waals surface area contributed by atoms with Gasteiger partial charge >= 0.3 is 0 Å². The van der Waals surface area contributed by atoms with Crippen molar-refractivity contribution in [3.05, 3.63) is 75.7 Å². The first-order chi connectivity index (χ1) is 18.6. The Morgan fingerprint density at radius 3 is 2.46 bits per heavy atom. The third-order valence-corrected chi connectivity index (χ3v) is 6.16. The van der Waals surface area contributed by atoms with Gasteiger partial charge in [0.15, 0.2) is 5.82 Å². The molecule has 0 fully saturated rings. The molecule has 2 aromatic carbocycles. The molecule has 206 valence electrons. The Morgan fingerprint density at radius 1 is 1.10 bits per heavy atom. The van der Waals surface area contributed by atoms with E-state index in [0.717, 1.165) is 18.4 Å². The highest BCUT2D eigenvalue weighted by Crippen LogP contribution is 2.23. The maximum atomic E-state index is 13.4. The van der Waals surface area contributed by atoms with Crippen molar-refractivity contribution in [3.8, 4) is 11.3 Å². The number of amidine groups is 1. The standard InChI is InChI=1S/C28H36N8O3/c1-4-10-32-26-28(39)36(16-24(37)33-14-18-6-8-19(9-7-18)25(30)31)23(15-34-26)20-11-21(13-22(29)12-20)27(38)35-17(3)5-2/h6-9,11-13,15,17H,4-5,10,14,16,29H2,1-3H3,(H3,30,31)(H,32,34)(H,33,37)(H,35,38)/t17-/m0/s1. The molecule has 0 bridgehead atoms. The van der Waals surface area contributed by atoms with Crippen molar-refractivity contribution < 1.29 is 9.59 Å². The van der Waals surface area contributed by atoms with E-state index in [4.69, 9.17) is 16.9 Å². The normalized spacial score (nSPS) is 11.5.